The summed E-state index contributed by atoms with van der Waals surface area (Å²) in [4.78, 5) is 36.9. The molecule has 0 fully saturated rings. The molecule has 0 saturated carbocycles. The number of carbonyl (C=O) groups excluding carboxylic acids is 3. The van der Waals surface area contributed by atoms with Crippen molar-refractivity contribution < 1.29 is 19.1 Å². The van der Waals surface area contributed by atoms with Gasteiger partial charge in [-0.3, -0.25) is 19.3 Å². The van der Waals surface area contributed by atoms with Crippen molar-refractivity contribution in [2.75, 3.05) is 4.90 Å². The fraction of sp³-hybridized carbons (Fsp3) is 0.167. The van der Waals surface area contributed by atoms with Crippen molar-refractivity contribution >= 4 is 40.4 Å². The third-order valence-electron chi connectivity index (χ3n) is 3.81. The Hall–Kier alpha value is -2.66. The van der Waals surface area contributed by atoms with Gasteiger partial charge in [-0.1, -0.05) is 11.6 Å². The van der Waals surface area contributed by atoms with Gasteiger partial charge in [-0.2, -0.15) is 0 Å². The molecule has 3 rings (SSSR count). The van der Waals surface area contributed by atoms with Crippen LogP contribution < -0.4 is 9.64 Å². The molecule has 0 saturated heterocycles. The summed E-state index contributed by atoms with van der Waals surface area (Å²) in [6.07, 6.45) is 0. The molecule has 0 radical (unpaired) electrons. The highest BCUT2D eigenvalue weighted by Crippen LogP contribution is 2.48. The van der Waals surface area contributed by atoms with Crippen LogP contribution >= 0.6 is 11.6 Å². The van der Waals surface area contributed by atoms with Gasteiger partial charge in [0.2, 0.25) is 5.91 Å². The van der Waals surface area contributed by atoms with E-state index in [0.29, 0.717) is 34.0 Å². The minimum absolute atomic E-state index is 0.109. The molecule has 1 aliphatic heterocycles. The highest BCUT2D eigenvalue weighted by atomic mass is 35.5. The van der Waals surface area contributed by atoms with Gasteiger partial charge in [0.15, 0.2) is 23.1 Å². The lowest BCUT2D eigenvalue weighted by atomic mass is 10.1. The van der Waals surface area contributed by atoms with Gasteiger partial charge in [-0.15, -0.1) is 0 Å². The van der Waals surface area contributed by atoms with Crippen molar-refractivity contribution in [3.8, 4) is 11.5 Å². The Balaban J connectivity index is 2.23. The highest BCUT2D eigenvalue weighted by Gasteiger charge is 2.29. The molecule has 0 bridgehead atoms. The van der Waals surface area contributed by atoms with Gasteiger partial charge in [0.25, 0.3) is 0 Å². The lowest BCUT2D eigenvalue weighted by molar-refractivity contribution is -0.115. The molecule has 2 aromatic rings. The SMILES string of the molecule is CC(=O)c1ccc2c(c1)Oc1cc(C(C)=O)c(Cl)cc1N2C(C)=O. The molecule has 1 aliphatic rings. The van der Waals surface area contributed by atoms with E-state index in [9.17, 15) is 14.4 Å². The van der Waals surface area contributed by atoms with Crippen molar-refractivity contribution in [1.82, 2.24) is 0 Å². The highest BCUT2D eigenvalue weighted by molar-refractivity contribution is 6.34. The number of hydrogen-bond acceptors (Lipinski definition) is 4. The number of fused-ring (bicyclic) bond motifs is 2. The van der Waals surface area contributed by atoms with E-state index in [1.54, 1.807) is 18.2 Å². The summed E-state index contributed by atoms with van der Waals surface area (Å²) in [7, 11) is 0. The van der Waals surface area contributed by atoms with Crippen LogP contribution in [0.3, 0.4) is 0 Å². The quantitative estimate of drug-likeness (QED) is 0.751. The first-order valence-corrected chi connectivity index (χ1v) is 7.65. The number of ether oxygens (including phenoxy) is 1. The Morgan fingerprint density at radius 3 is 2.17 bits per heavy atom. The van der Waals surface area contributed by atoms with E-state index in [1.807, 2.05) is 0 Å². The second kappa shape index (κ2) is 5.76. The molecule has 1 amide bonds. The maximum Gasteiger partial charge on any atom is 0.228 e. The lowest BCUT2D eigenvalue weighted by Gasteiger charge is -2.31. The first-order valence-electron chi connectivity index (χ1n) is 7.27. The number of hydrogen-bond donors (Lipinski definition) is 0. The molecule has 5 nitrogen and oxygen atoms in total. The van der Waals surface area contributed by atoms with Gasteiger partial charge in [-0.25, -0.2) is 0 Å². The minimum atomic E-state index is -0.233. The van der Waals surface area contributed by atoms with Crippen molar-refractivity contribution in [3.63, 3.8) is 0 Å². The van der Waals surface area contributed by atoms with Crippen molar-refractivity contribution in [2.24, 2.45) is 0 Å². The Morgan fingerprint density at radius 2 is 1.58 bits per heavy atom. The van der Waals surface area contributed by atoms with Crippen LogP contribution in [0.1, 0.15) is 41.5 Å². The van der Waals surface area contributed by atoms with Gasteiger partial charge >= 0.3 is 0 Å². The lowest BCUT2D eigenvalue weighted by Crippen LogP contribution is -2.26. The van der Waals surface area contributed by atoms with E-state index in [-0.39, 0.29) is 22.5 Å². The summed E-state index contributed by atoms with van der Waals surface area (Å²) in [6, 6.07) is 7.93. The number of amides is 1. The number of nitrogens with zero attached hydrogens (tertiary/aromatic N) is 1. The van der Waals surface area contributed by atoms with E-state index in [1.165, 1.54) is 37.8 Å². The average molecular weight is 344 g/mol. The summed E-state index contributed by atoms with van der Waals surface area (Å²) in [5.41, 5.74) is 1.76. The van der Waals surface area contributed by atoms with Crippen LogP contribution in [-0.4, -0.2) is 17.5 Å². The van der Waals surface area contributed by atoms with E-state index in [2.05, 4.69) is 0 Å². The standard InChI is InChI=1S/C18H14ClNO4/c1-9(21)12-4-5-15-17(6-12)24-18-7-13(10(2)22)14(19)8-16(18)20(15)11(3)23/h4-8H,1-3H3. The van der Waals surface area contributed by atoms with Crippen LogP contribution in [0.2, 0.25) is 5.02 Å². The molecular weight excluding hydrogens is 330 g/mol. The summed E-state index contributed by atoms with van der Waals surface area (Å²) >= 11 is 6.16. The number of halogens is 1. The third kappa shape index (κ3) is 2.57. The number of Topliss-reactive ketones (excluding diaryl/α,β-unsaturated/α-hetero) is 2. The molecule has 122 valence electrons. The summed E-state index contributed by atoms with van der Waals surface area (Å²) < 4.78 is 5.84. The van der Waals surface area contributed by atoms with Crippen LogP contribution in [0.5, 0.6) is 11.5 Å². The minimum Gasteiger partial charge on any atom is -0.453 e. The Morgan fingerprint density at radius 1 is 0.917 bits per heavy atom. The number of carbonyl (C=O) groups is 3. The van der Waals surface area contributed by atoms with Gasteiger partial charge in [0.05, 0.1) is 16.4 Å². The van der Waals surface area contributed by atoms with Crippen LogP contribution in [-0.2, 0) is 4.79 Å². The molecule has 0 spiro atoms. The van der Waals surface area contributed by atoms with Crippen molar-refractivity contribution in [1.29, 1.82) is 0 Å². The van der Waals surface area contributed by atoms with Crippen molar-refractivity contribution in [3.05, 3.63) is 46.5 Å². The maximum absolute atomic E-state index is 12.2. The zero-order valence-electron chi connectivity index (χ0n) is 13.3. The van der Waals surface area contributed by atoms with Gasteiger partial charge in [0.1, 0.15) is 0 Å². The van der Waals surface area contributed by atoms with Gasteiger partial charge < -0.3 is 4.74 Å². The van der Waals surface area contributed by atoms with Crippen LogP contribution in [0.15, 0.2) is 30.3 Å². The van der Waals surface area contributed by atoms with Gasteiger partial charge in [-0.05, 0) is 44.2 Å². The second-order valence-corrected chi connectivity index (χ2v) is 5.96. The normalized spacial score (nSPS) is 12.1. The molecule has 0 N–H and O–H groups in total. The molecule has 1 heterocycles. The van der Waals surface area contributed by atoms with Gasteiger partial charge in [0, 0.05) is 18.1 Å². The molecule has 0 unspecified atom stereocenters. The van der Waals surface area contributed by atoms with E-state index >= 15 is 0 Å². The third-order valence-corrected chi connectivity index (χ3v) is 4.12. The largest absolute Gasteiger partial charge is 0.453 e. The zero-order valence-corrected chi connectivity index (χ0v) is 14.1. The zero-order chi connectivity index (χ0) is 17.6. The molecule has 24 heavy (non-hydrogen) atoms. The predicted octanol–water partition coefficient (Wildman–Crippen LogP) is 4.54. The monoisotopic (exact) mass is 343 g/mol. The Kier molecular flexibility index (Phi) is 3.89. The van der Waals surface area contributed by atoms with Crippen molar-refractivity contribution in [2.45, 2.75) is 20.8 Å². The molecule has 6 heteroatoms. The molecular formula is C18H14ClNO4. The first-order chi connectivity index (χ1) is 11.3. The fourth-order valence-electron chi connectivity index (χ4n) is 2.66. The second-order valence-electron chi connectivity index (χ2n) is 5.55. The van der Waals surface area contributed by atoms with E-state index in [0.717, 1.165) is 0 Å². The number of anilines is 2. The Bertz CT molecular complexity index is 904. The number of rotatable bonds is 2. The van der Waals surface area contributed by atoms with Crippen LogP contribution in [0.25, 0.3) is 0 Å². The maximum atomic E-state index is 12.2. The first kappa shape index (κ1) is 16.2. The fourth-order valence-corrected chi connectivity index (χ4v) is 2.95. The molecule has 0 aromatic heterocycles. The summed E-state index contributed by atoms with van der Waals surface area (Å²) in [5, 5.41) is 0.250. The Labute approximate surface area is 143 Å². The van der Waals surface area contributed by atoms with Crippen LogP contribution in [0, 0.1) is 0 Å². The topological polar surface area (TPSA) is 63.7 Å². The smallest absolute Gasteiger partial charge is 0.228 e. The van der Waals surface area contributed by atoms with Crippen LogP contribution in [0.4, 0.5) is 11.4 Å². The van der Waals surface area contributed by atoms with E-state index in [4.69, 9.17) is 16.3 Å². The average Bonchev–Trinajstić information content (AvgIpc) is 2.50. The van der Waals surface area contributed by atoms with E-state index < -0.39 is 0 Å². The number of benzene rings is 2. The molecule has 0 aliphatic carbocycles. The number of ketones is 2. The molecule has 2 aromatic carbocycles. The summed E-state index contributed by atoms with van der Waals surface area (Å²) in [5.74, 6) is 0.171. The molecule has 0 atom stereocenters. The predicted molar refractivity (Wildman–Crippen MR) is 90.8 cm³/mol. The summed E-state index contributed by atoms with van der Waals surface area (Å²) in [6.45, 7) is 4.28.